The highest BCUT2D eigenvalue weighted by Gasteiger charge is 2.31. The Balaban J connectivity index is 1.53. The predicted molar refractivity (Wildman–Crippen MR) is 104 cm³/mol. The van der Waals surface area contributed by atoms with Crippen LogP contribution in [0.25, 0.3) is 0 Å². The number of ether oxygens (including phenoxy) is 1. The average molecular weight is 409 g/mol. The molecule has 3 rings (SSSR count). The summed E-state index contributed by atoms with van der Waals surface area (Å²) in [5.41, 5.74) is 1.73. The summed E-state index contributed by atoms with van der Waals surface area (Å²) in [6.45, 7) is 4.51. The second-order valence-electron chi connectivity index (χ2n) is 7.64. The van der Waals surface area contributed by atoms with Crippen molar-refractivity contribution in [2.75, 3.05) is 32.8 Å². The van der Waals surface area contributed by atoms with E-state index in [1.807, 2.05) is 13.0 Å². The maximum Gasteiger partial charge on any atom is 0.309 e. The molecule has 2 fully saturated rings. The van der Waals surface area contributed by atoms with E-state index in [1.165, 1.54) is 4.31 Å². The van der Waals surface area contributed by atoms with Gasteiger partial charge in [0, 0.05) is 26.2 Å². The van der Waals surface area contributed by atoms with Crippen molar-refractivity contribution in [2.24, 2.45) is 5.92 Å². The number of piperazine rings is 1. The Morgan fingerprint density at radius 2 is 1.71 bits per heavy atom. The zero-order valence-electron chi connectivity index (χ0n) is 16.5. The van der Waals surface area contributed by atoms with Crippen LogP contribution in [0.1, 0.15) is 36.8 Å². The molecule has 0 atom stereocenters. The summed E-state index contributed by atoms with van der Waals surface area (Å²) >= 11 is 0. The molecule has 0 radical (unpaired) electrons. The van der Waals surface area contributed by atoms with Gasteiger partial charge in [0.15, 0.2) is 6.61 Å². The molecule has 1 aromatic carbocycles. The van der Waals surface area contributed by atoms with Crippen LogP contribution in [0.15, 0.2) is 23.1 Å². The lowest BCUT2D eigenvalue weighted by Gasteiger charge is -2.34. The van der Waals surface area contributed by atoms with E-state index >= 15 is 0 Å². The highest BCUT2D eigenvalue weighted by atomic mass is 32.2. The number of sulfonamides is 1. The first kappa shape index (κ1) is 20.8. The van der Waals surface area contributed by atoms with Crippen LogP contribution in [0.3, 0.4) is 0 Å². The van der Waals surface area contributed by atoms with Crippen molar-refractivity contribution in [2.45, 2.75) is 44.4 Å². The molecule has 1 aliphatic heterocycles. The van der Waals surface area contributed by atoms with E-state index < -0.39 is 10.0 Å². The van der Waals surface area contributed by atoms with Crippen molar-refractivity contribution in [1.29, 1.82) is 0 Å². The molecule has 0 aromatic heterocycles. The summed E-state index contributed by atoms with van der Waals surface area (Å²) in [6.07, 6.45) is 3.74. The third kappa shape index (κ3) is 4.55. The fraction of sp³-hybridized carbons (Fsp3) is 0.600. The fourth-order valence-electron chi connectivity index (χ4n) is 3.91. The SMILES string of the molecule is Cc1ccc(S(=O)(=O)N2CCN(C(=O)COC(=O)C3CCCC3)CC2)c(C)c1. The molecular weight excluding hydrogens is 380 g/mol. The summed E-state index contributed by atoms with van der Waals surface area (Å²) in [6, 6.07) is 5.28. The minimum Gasteiger partial charge on any atom is -0.455 e. The van der Waals surface area contributed by atoms with Gasteiger partial charge in [0.25, 0.3) is 5.91 Å². The van der Waals surface area contributed by atoms with E-state index in [2.05, 4.69) is 0 Å². The van der Waals surface area contributed by atoms with Gasteiger partial charge in [0.1, 0.15) is 0 Å². The normalized spacial score (nSPS) is 19.0. The Morgan fingerprint density at radius 1 is 1.07 bits per heavy atom. The minimum atomic E-state index is -3.59. The number of benzene rings is 1. The standard InChI is InChI=1S/C20H28N2O5S/c1-15-7-8-18(16(2)13-15)28(25,26)22-11-9-21(10-12-22)19(23)14-27-20(24)17-5-3-4-6-17/h7-8,13,17H,3-6,9-12,14H2,1-2H3. The van der Waals surface area contributed by atoms with Crippen LogP contribution in [-0.2, 0) is 24.3 Å². The first-order chi connectivity index (χ1) is 13.3. The number of hydrogen-bond donors (Lipinski definition) is 0. The van der Waals surface area contributed by atoms with E-state index in [9.17, 15) is 18.0 Å². The van der Waals surface area contributed by atoms with E-state index in [4.69, 9.17) is 4.74 Å². The topological polar surface area (TPSA) is 84.0 Å². The number of esters is 1. The molecule has 7 nitrogen and oxygen atoms in total. The third-order valence-corrected chi connectivity index (χ3v) is 7.62. The van der Waals surface area contributed by atoms with E-state index in [1.54, 1.807) is 24.0 Å². The number of amides is 1. The quantitative estimate of drug-likeness (QED) is 0.695. The van der Waals surface area contributed by atoms with Gasteiger partial charge in [-0.2, -0.15) is 4.31 Å². The molecule has 1 amide bonds. The lowest BCUT2D eigenvalue weighted by Crippen LogP contribution is -2.51. The highest BCUT2D eigenvalue weighted by Crippen LogP contribution is 2.26. The van der Waals surface area contributed by atoms with Crippen LogP contribution < -0.4 is 0 Å². The summed E-state index contributed by atoms with van der Waals surface area (Å²) in [4.78, 5) is 26.1. The van der Waals surface area contributed by atoms with Crippen molar-refractivity contribution in [3.8, 4) is 0 Å². The Labute approximate surface area is 166 Å². The zero-order valence-corrected chi connectivity index (χ0v) is 17.3. The van der Waals surface area contributed by atoms with Gasteiger partial charge in [-0.05, 0) is 38.3 Å². The molecule has 0 bridgehead atoms. The van der Waals surface area contributed by atoms with Crippen LogP contribution in [0.2, 0.25) is 0 Å². The van der Waals surface area contributed by atoms with Gasteiger partial charge in [-0.15, -0.1) is 0 Å². The van der Waals surface area contributed by atoms with Crippen LogP contribution in [0.4, 0.5) is 0 Å². The van der Waals surface area contributed by atoms with E-state index in [-0.39, 0.29) is 37.5 Å². The van der Waals surface area contributed by atoms with Gasteiger partial charge in [-0.3, -0.25) is 9.59 Å². The summed E-state index contributed by atoms with van der Waals surface area (Å²) in [5, 5.41) is 0. The predicted octanol–water partition coefficient (Wildman–Crippen LogP) is 1.87. The van der Waals surface area contributed by atoms with Crippen molar-refractivity contribution in [3.63, 3.8) is 0 Å². The fourth-order valence-corrected chi connectivity index (χ4v) is 5.54. The molecule has 28 heavy (non-hydrogen) atoms. The smallest absolute Gasteiger partial charge is 0.309 e. The molecular formula is C20H28N2O5S. The van der Waals surface area contributed by atoms with Crippen LogP contribution in [0, 0.1) is 19.8 Å². The molecule has 154 valence electrons. The third-order valence-electron chi connectivity index (χ3n) is 5.57. The number of aryl methyl sites for hydroxylation is 2. The maximum atomic E-state index is 12.9. The minimum absolute atomic E-state index is 0.0764. The van der Waals surface area contributed by atoms with Gasteiger partial charge in [0.2, 0.25) is 10.0 Å². The molecule has 8 heteroatoms. The molecule has 1 saturated heterocycles. The zero-order chi connectivity index (χ0) is 20.3. The van der Waals surface area contributed by atoms with Gasteiger partial charge in [-0.25, -0.2) is 8.42 Å². The van der Waals surface area contributed by atoms with Gasteiger partial charge >= 0.3 is 5.97 Å². The Kier molecular flexibility index (Phi) is 6.40. The van der Waals surface area contributed by atoms with Crippen molar-refractivity contribution in [3.05, 3.63) is 29.3 Å². The van der Waals surface area contributed by atoms with Gasteiger partial charge < -0.3 is 9.64 Å². The first-order valence-electron chi connectivity index (χ1n) is 9.81. The monoisotopic (exact) mass is 408 g/mol. The number of nitrogens with zero attached hydrogens (tertiary/aromatic N) is 2. The van der Waals surface area contributed by atoms with Crippen molar-refractivity contribution in [1.82, 2.24) is 9.21 Å². The Bertz CT molecular complexity index is 838. The number of hydrogen-bond acceptors (Lipinski definition) is 5. The van der Waals surface area contributed by atoms with Crippen molar-refractivity contribution >= 4 is 21.9 Å². The molecule has 0 N–H and O–H groups in total. The van der Waals surface area contributed by atoms with Crippen LogP contribution in [-0.4, -0.2) is 62.3 Å². The van der Waals surface area contributed by atoms with E-state index in [0.29, 0.717) is 18.0 Å². The summed E-state index contributed by atoms with van der Waals surface area (Å²) in [5.74, 6) is -0.635. The lowest BCUT2D eigenvalue weighted by atomic mass is 10.1. The number of carbonyl (C=O) groups excluding carboxylic acids is 2. The number of rotatable bonds is 5. The second kappa shape index (κ2) is 8.61. The Morgan fingerprint density at radius 3 is 2.32 bits per heavy atom. The summed E-state index contributed by atoms with van der Waals surface area (Å²) < 4.78 is 32.4. The van der Waals surface area contributed by atoms with Gasteiger partial charge in [-0.1, -0.05) is 30.5 Å². The lowest BCUT2D eigenvalue weighted by molar-refractivity contribution is -0.155. The largest absolute Gasteiger partial charge is 0.455 e. The Hall–Kier alpha value is -1.93. The van der Waals surface area contributed by atoms with E-state index in [0.717, 1.165) is 36.8 Å². The van der Waals surface area contributed by atoms with Crippen LogP contribution >= 0.6 is 0 Å². The van der Waals surface area contributed by atoms with Gasteiger partial charge in [0.05, 0.1) is 10.8 Å². The maximum absolute atomic E-state index is 12.9. The molecule has 1 heterocycles. The molecule has 1 aliphatic carbocycles. The number of carbonyl (C=O) groups is 2. The van der Waals surface area contributed by atoms with Crippen LogP contribution in [0.5, 0.6) is 0 Å². The molecule has 0 unspecified atom stereocenters. The average Bonchev–Trinajstić information content (AvgIpc) is 3.20. The molecule has 1 aromatic rings. The molecule has 0 spiro atoms. The molecule has 1 saturated carbocycles. The first-order valence-corrected chi connectivity index (χ1v) is 11.2. The molecule has 2 aliphatic rings. The van der Waals surface area contributed by atoms with Crippen molar-refractivity contribution < 1.29 is 22.7 Å². The second-order valence-corrected chi connectivity index (χ2v) is 9.55. The highest BCUT2D eigenvalue weighted by molar-refractivity contribution is 7.89. The summed E-state index contributed by atoms with van der Waals surface area (Å²) in [7, 11) is -3.59.